The van der Waals surface area contributed by atoms with Gasteiger partial charge in [-0.25, -0.2) is 4.39 Å². The highest BCUT2D eigenvalue weighted by atomic mass is 79.9. The minimum absolute atomic E-state index is 0.145. The first-order valence-corrected chi connectivity index (χ1v) is 8.26. The van der Waals surface area contributed by atoms with Crippen molar-refractivity contribution in [3.8, 4) is 0 Å². The van der Waals surface area contributed by atoms with Crippen LogP contribution >= 0.6 is 15.9 Å². The smallest absolute Gasteiger partial charge is 0.124 e. The second kappa shape index (κ2) is 7.53. The lowest BCUT2D eigenvalue weighted by atomic mass is 9.88. The molecule has 112 valence electrons. The number of rotatable bonds is 5. The number of hydrogen-bond acceptors (Lipinski definition) is 2. The second-order valence-corrected chi connectivity index (χ2v) is 6.72. The molecular formula is C16H24BrFN2. The summed E-state index contributed by atoms with van der Waals surface area (Å²) in [6.07, 6.45) is 6.74. The van der Waals surface area contributed by atoms with Gasteiger partial charge in [0.15, 0.2) is 0 Å². The monoisotopic (exact) mass is 342 g/mol. The van der Waals surface area contributed by atoms with Crippen molar-refractivity contribution in [2.24, 2.45) is 11.7 Å². The molecule has 1 atom stereocenters. The van der Waals surface area contributed by atoms with Crippen LogP contribution in [-0.2, 0) is 0 Å². The maximum absolute atomic E-state index is 13.2. The number of halogens is 2. The van der Waals surface area contributed by atoms with Crippen LogP contribution in [-0.4, -0.2) is 25.0 Å². The molecule has 2 nitrogen and oxygen atoms in total. The van der Waals surface area contributed by atoms with Crippen molar-refractivity contribution in [1.82, 2.24) is 4.90 Å². The minimum atomic E-state index is -0.216. The predicted molar refractivity (Wildman–Crippen MR) is 85.1 cm³/mol. The Bertz CT molecular complexity index is 432. The van der Waals surface area contributed by atoms with Crippen molar-refractivity contribution in [1.29, 1.82) is 0 Å². The Kier molecular flexibility index (Phi) is 6.00. The number of benzene rings is 1. The molecule has 2 rings (SSSR count). The van der Waals surface area contributed by atoms with E-state index < -0.39 is 0 Å². The first-order chi connectivity index (χ1) is 9.61. The van der Waals surface area contributed by atoms with Crippen LogP contribution in [0, 0.1) is 11.7 Å². The van der Waals surface area contributed by atoms with E-state index in [2.05, 4.69) is 27.9 Å². The van der Waals surface area contributed by atoms with Gasteiger partial charge in [-0.2, -0.15) is 0 Å². The fourth-order valence-corrected chi connectivity index (χ4v) is 3.84. The van der Waals surface area contributed by atoms with E-state index in [0.29, 0.717) is 6.54 Å². The topological polar surface area (TPSA) is 29.3 Å². The SMILES string of the molecule is CN(CC1CCCCC1)C(CN)c1ccc(F)cc1Br. The Hall–Kier alpha value is -0.450. The van der Waals surface area contributed by atoms with Gasteiger partial charge in [-0.15, -0.1) is 0 Å². The first kappa shape index (κ1) is 15.9. The molecule has 0 saturated heterocycles. The molecule has 1 aliphatic carbocycles. The predicted octanol–water partition coefficient (Wildman–Crippen LogP) is 4.10. The molecule has 1 fully saturated rings. The van der Waals surface area contributed by atoms with Gasteiger partial charge in [0, 0.05) is 23.6 Å². The highest BCUT2D eigenvalue weighted by molar-refractivity contribution is 9.10. The van der Waals surface area contributed by atoms with E-state index in [9.17, 15) is 4.39 Å². The van der Waals surface area contributed by atoms with Gasteiger partial charge in [-0.3, -0.25) is 4.90 Å². The molecule has 0 amide bonds. The Labute approximate surface area is 129 Å². The quantitative estimate of drug-likeness (QED) is 0.872. The fraction of sp³-hybridized carbons (Fsp3) is 0.625. The van der Waals surface area contributed by atoms with E-state index in [1.807, 2.05) is 6.07 Å². The molecular weight excluding hydrogens is 319 g/mol. The average Bonchev–Trinajstić information content (AvgIpc) is 2.43. The molecule has 4 heteroatoms. The first-order valence-electron chi connectivity index (χ1n) is 7.47. The summed E-state index contributed by atoms with van der Waals surface area (Å²) in [6.45, 7) is 1.62. The third-order valence-corrected chi connectivity index (χ3v) is 5.03. The summed E-state index contributed by atoms with van der Waals surface area (Å²) in [4.78, 5) is 2.33. The van der Waals surface area contributed by atoms with Gasteiger partial charge < -0.3 is 5.73 Å². The lowest BCUT2D eigenvalue weighted by Crippen LogP contribution is -2.35. The Morgan fingerprint density at radius 1 is 1.35 bits per heavy atom. The third kappa shape index (κ3) is 4.03. The van der Waals surface area contributed by atoms with E-state index in [1.54, 1.807) is 0 Å². The molecule has 20 heavy (non-hydrogen) atoms. The van der Waals surface area contributed by atoms with Crippen LogP contribution < -0.4 is 5.73 Å². The highest BCUT2D eigenvalue weighted by Gasteiger charge is 2.22. The van der Waals surface area contributed by atoms with Crippen LogP contribution in [0.3, 0.4) is 0 Å². The number of nitrogens with zero attached hydrogens (tertiary/aromatic N) is 1. The lowest BCUT2D eigenvalue weighted by molar-refractivity contribution is 0.185. The number of likely N-dealkylation sites (N-methyl/N-ethyl adjacent to an activating group) is 1. The average molecular weight is 343 g/mol. The van der Waals surface area contributed by atoms with Crippen LogP contribution in [0.4, 0.5) is 4.39 Å². The Morgan fingerprint density at radius 3 is 2.65 bits per heavy atom. The zero-order valence-corrected chi connectivity index (χ0v) is 13.7. The van der Waals surface area contributed by atoms with Gasteiger partial charge in [0.05, 0.1) is 0 Å². The van der Waals surface area contributed by atoms with Gasteiger partial charge >= 0.3 is 0 Å². The molecule has 0 bridgehead atoms. The van der Waals surface area contributed by atoms with Crippen molar-refractivity contribution in [3.05, 3.63) is 34.1 Å². The van der Waals surface area contributed by atoms with Gasteiger partial charge in [-0.1, -0.05) is 41.3 Å². The second-order valence-electron chi connectivity index (χ2n) is 5.86. The minimum Gasteiger partial charge on any atom is -0.329 e. The van der Waals surface area contributed by atoms with E-state index >= 15 is 0 Å². The van der Waals surface area contributed by atoms with Crippen LogP contribution in [0.1, 0.15) is 43.7 Å². The van der Waals surface area contributed by atoms with Crippen molar-refractivity contribution in [2.75, 3.05) is 20.1 Å². The van der Waals surface area contributed by atoms with Gasteiger partial charge in [0.25, 0.3) is 0 Å². The van der Waals surface area contributed by atoms with Crippen LogP contribution in [0.5, 0.6) is 0 Å². The van der Waals surface area contributed by atoms with E-state index in [1.165, 1.54) is 44.2 Å². The summed E-state index contributed by atoms with van der Waals surface area (Å²) < 4.78 is 14.0. The summed E-state index contributed by atoms with van der Waals surface area (Å²) in [5, 5.41) is 0. The number of hydrogen-bond donors (Lipinski definition) is 1. The lowest BCUT2D eigenvalue weighted by Gasteiger charge is -2.33. The van der Waals surface area contributed by atoms with E-state index in [0.717, 1.165) is 22.5 Å². The van der Waals surface area contributed by atoms with Crippen molar-refractivity contribution >= 4 is 15.9 Å². The summed E-state index contributed by atoms with van der Waals surface area (Å²) in [5.41, 5.74) is 7.04. The maximum atomic E-state index is 13.2. The summed E-state index contributed by atoms with van der Waals surface area (Å²) in [5.74, 6) is 0.563. The summed E-state index contributed by atoms with van der Waals surface area (Å²) >= 11 is 3.46. The van der Waals surface area contributed by atoms with Crippen molar-refractivity contribution in [2.45, 2.75) is 38.1 Å². The molecule has 1 aromatic rings. The van der Waals surface area contributed by atoms with Gasteiger partial charge in [0.1, 0.15) is 5.82 Å². The molecule has 1 unspecified atom stereocenters. The third-order valence-electron chi connectivity index (χ3n) is 4.35. The van der Waals surface area contributed by atoms with Crippen LogP contribution in [0.25, 0.3) is 0 Å². The zero-order valence-electron chi connectivity index (χ0n) is 12.1. The van der Waals surface area contributed by atoms with E-state index in [4.69, 9.17) is 5.73 Å². The molecule has 0 spiro atoms. The Balaban J connectivity index is 2.06. The highest BCUT2D eigenvalue weighted by Crippen LogP contribution is 2.30. The van der Waals surface area contributed by atoms with Gasteiger partial charge in [-0.05, 0) is 43.5 Å². The van der Waals surface area contributed by atoms with Crippen LogP contribution in [0.15, 0.2) is 22.7 Å². The molecule has 1 aliphatic rings. The molecule has 0 heterocycles. The zero-order chi connectivity index (χ0) is 14.5. The normalized spacial score (nSPS) is 18.4. The maximum Gasteiger partial charge on any atom is 0.124 e. The van der Waals surface area contributed by atoms with Crippen molar-refractivity contribution in [3.63, 3.8) is 0 Å². The molecule has 1 saturated carbocycles. The Morgan fingerprint density at radius 2 is 2.05 bits per heavy atom. The molecule has 0 aliphatic heterocycles. The fourth-order valence-electron chi connectivity index (χ4n) is 3.22. The molecule has 0 radical (unpaired) electrons. The molecule has 0 aromatic heterocycles. The largest absolute Gasteiger partial charge is 0.329 e. The summed E-state index contributed by atoms with van der Waals surface area (Å²) in [7, 11) is 2.13. The van der Waals surface area contributed by atoms with Crippen molar-refractivity contribution < 1.29 is 4.39 Å². The van der Waals surface area contributed by atoms with Crippen LogP contribution in [0.2, 0.25) is 0 Å². The number of nitrogens with two attached hydrogens (primary N) is 1. The van der Waals surface area contributed by atoms with Gasteiger partial charge in [0.2, 0.25) is 0 Å². The summed E-state index contributed by atoms with van der Waals surface area (Å²) in [6, 6.07) is 5.02. The standard InChI is InChI=1S/C16H24BrFN2/c1-20(11-12-5-3-2-4-6-12)16(10-19)14-8-7-13(18)9-15(14)17/h7-9,12,16H,2-6,10-11,19H2,1H3. The molecule has 1 aromatic carbocycles. The molecule has 2 N–H and O–H groups in total. The van der Waals surface area contributed by atoms with E-state index in [-0.39, 0.29) is 11.9 Å².